The van der Waals surface area contributed by atoms with Crippen LogP contribution < -0.4 is 5.46 Å². The summed E-state index contributed by atoms with van der Waals surface area (Å²) >= 11 is 0. The average molecular weight is 228 g/mol. The van der Waals surface area contributed by atoms with E-state index in [1.807, 2.05) is 14.1 Å². The van der Waals surface area contributed by atoms with E-state index < -0.39 is 0 Å². The molecule has 0 aromatic carbocycles. The number of likely N-dealkylation sites (N-methyl/N-ethyl adjacent to an activating group) is 1. The van der Waals surface area contributed by atoms with Gasteiger partial charge in [-0.15, -0.1) is 10.2 Å². The fourth-order valence-corrected chi connectivity index (χ4v) is 1.27. The minimum absolute atomic E-state index is 0.517. The van der Waals surface area contributed by atoms with Crippen LogP contribution in [0.4, 0.5) is 0 Å². The molecule has 0 atom stereocenters. The van der Waals surface area contributed by atoms with Gasteiger partial charge in [0.2, 0.25) is 5.82 Å². The van der Waals surface area contributed by atoms with Gasteiger partial charge in [0.05, 0.1) is 6.54 Å². The van der Waals surface area contributed by atoms with Gasteiger partial charge in [0.25, 0.3) is 0 Å². The molecule has 86 valence electrons. The summed E-state index contributed by atoms with van der Waals surface area (Å²) in [5, 5.41) is 12.2. The lowest BCUT2D eigenvalue weighted by Crippen LogP contribution is -2.19. The largest absolute Gasteiger partial charge is 0.307 e. The molecule has 0 aliphatic heterocycles. The molecule has 2 aromatic heterocycles. The Kier molecular flexibility index (Phi) is 3.48. The molecule has 2 radical (unpaired) electrons. The lowest BCUT2D eigenvalue weighted by atomic mass is 9.99. The van der Waals surface area contributed by atoms with Crippen LogP contribution in [-0.2, 0) is 6.54 Å². The highest BCUT2D eigenvalue weighted by atomic mass is 15.6. The number of hydrogen-bond donors (Lipinski definition) is 0. The molecule has 17 heavy (non-hydrogen) atoms. The fraction of sp³-hybridized carbons (Fsp3) is 0.400. The van der Waals surface area contributed by atoms with Crippen LogP contribution >= 0.6 is 0 Å². The summed E-state index contributed by atoms with van der Waals surface area (Å²) in [6.07, 6.45) is 1.58. The first kappa shape index (κ1) is 11.7. The highest BCUT2D eigenvalue weighted by Gasteiger charge is 2.06. The van der Waals surface area contributed by atoms with E-state index in [1.165, 1.54) is 0 Å². The van der Waals surface area contributed by atoms with Gasteiger partial charge >= 0.3 is 0 Å². The second-order valence-electron chi connectivity index (χ2n) is 3.99. The van der Waals surface area contributed by atoms with Crippen LogP contribution in [0.2, 0.25) is 0 Å². The predicted molar refractivity (Wildman–Crippen MR) is 65.0 cm³/mol. The van der Waals surface area contributed by atoms with Gasteiger partial charge in [-0.1, -0.05) is 11.5 Å². The van der Waals surface area contributed by atoms with Gasteiger partial charge in [-0.3, -0.25) is 4.98 Å². The summed E-state index contributed by atoms with van der Waals surface area (Å²) < 4.78 is 0. The van der Waals surface area contributed by atoms with Crippen molar-refractivity contribution in [1.29, 1.82) is 0 Å². The molecule has 2 rings (SSSR count). The smallest absolute Gasteiger partial charge is 0.223 e. The topological polar surface area (TPSA) is 59.7 Å². The lowest BCUT2D eigenvalue weighted by Gasteiger charge is -2.06. The highest BCUT2D eigenvalue weighted by molar-refractivity contribution is 6.32. The van der Waals surface area contributed by atoms with Crippen LogP contribution in [0.1, 0.15) is 0 Å². The van der Waals surface area contributed by atoms with E-state index in [2.05, 4.69) is 25.3 Å². The van der Waals surface area contributed by atoms with Crippen molar-refractivity contribution in [2.45, 2.75) is 6.54 Å². The minimum atomic E-state index is 0.517. The quantitative estimate of drug-likeness (QED) is 0.634. The Labute approximate surface area is 101 Å². The number of pyridine rings is 1. The molecule has 0 aliphatic carbocycles. The van der Waals surface area contributed by atoms with E-state index in [0.717, 1.165) is 6.54 Å². The van der Waals surface area contributed by atoms with Crippen molar-refractivity contribution in [2.24, 2.45) is 0 Å². The Hall–Kier alpha value is -1.76. The zero-order chi connectivity index (χ0) is 12.3. The molecule has 0 amide bonds. The minimum Gasteiger partial charge on any atom is -0.307 e. The predicted octanol–water partition coefficient (Wildman–Crippen LogP) is -0.909. The maximum absolute atomic E-state index is 5.56. The summed E-state index contributed by atoms with van der Waals surface area (Å²) in [4.78, 5) is 7.77. The van der Waals surface area contributed by atoms with Crippen LogP contribution in [-0.4, -0.2) is 58.6 Å². The fourth-order valence-electron chi connectivity index (χ4n) is 1.27. The maximum atomic E-state index is 5.56. The Bertz CT molecular complexity index is 478. The Morgan fingerprint density at radius 3 is 2.82 bits per heavy atom. The Morgan fingerprint density at radius 2 is 2.18 bits per heavy atom. The van der Waals surface area contributed by atoms with Crippen molar-refractivity contribution in [2.75, 3.05) is 20.6 Å². The molecule has 0 aliphatic rings. The summed E-state index contributed by atoms with van der Waals surface area (Å²) in [5.41, 5.74) is 1.30. The third-order valence-electron chi connectivity index (χ3n) is 2.22. The maximum Gasteiger partial charge on any atom is 0.223 e. The van der Waals surface area contributed by atoms with Crippen LogP contribution in [0.5, 0.6) is 0 Å². The molecule has 0 unspecified atom stereocenters. The normalized spacial score (nSPS) is 11.0. The van der Waals surface area contributed by atoms with Crippen LogP contribution in [0.25, 0.3) is 11.5 Å². The van der Waals surface area contributed by atoms with Gasteiger partial charge in [0.15, 0.2) is 0 Å². The molecule has 6 nitrogen and oxygen atoms in total. The van der Waals surface area contributed by atoms with Crippen LogP contribution in [0.15, 0.2) is 18.3 Å². The first-order valence-corrected chi connectivity index (χ1v) is 5.29. The van der Waals surface area contributed by atoms with E-state index in [9.17, 15) is 0 Å². The number of hydrogen-bond acceptors (Lipinski definition) is 5. The summed E-state index contributed by atoms with van der Waals surface area (Å²) in [5.74, 6) is 0.517. The third-order valence-corrected chi connectivity index (χ3v) is 2.22. The van der Waals surface area contributed by atoms with Crippen molar-refractivity contribution >= 4 is 13.3 Å². The molecule has 0 N–H and O–H groups in total. The van der Waals surface area contributed by atoms with E-state index >= 15 is 0 Å². The number of rotatable bonds is 4. The van der Waals surface area contributed by atoms with Crippen molar-refractivity contribution in [3.8, 4) is 11.5 Å². The van der Waals surface area contributed by atoms with Gasteiger partial charge in [0.1, 0.15) is 13.5 Å². The van der Waals surface area contributed by atoms with Crippen molar-refractivity contribution in [3.63, 3.8) is 0 Å². The number of aromatic nitrogens is 5. The second kappa shape index (κ2) is 5.05. The molecule has 2 aromatic rings. The molecule has 0 saturated carbocycles. The molecular formula is C10H13BN6. The Balaban J connectivity index is 2.10. The van der Waals surface area contributed by atoms with Crippen molar-refractivity contribution in [3.05, 3.63) is 18.3 Å². The molecule has 0 fully saturated rings. The van der Waals surface area contributed by atoms with E-state index in [0.29, 0.717) is 23.5 Å². The SMILES string of the molecule is [B]c1ccc(-c2nnn(CCN(C)C)n2)nc1. The van der Waals surface area contributed by atoms with Gasteiger partial charge in [-0.25, -0.2) is 0 Å². The molecule has 0 saturated heterocycles. The first-order valence-electron chi connectivity index (χ1n) is 5.29. The summed E-state index contributed by atoms with van der Waals surface area (Å²) in [6.45, 7) is 1.57. The Morgan fingerprint density at radius 1 is 1.35 bits per heavy atom. The molecule has 7 heteroatoms. The van der Waals surface area contributed by atoms with Crippen LogP contribution in [0, 0.1) is 0 Å². The van der Waals surface area contributed by atoms with Gasteiger partial charge in [-0.2, -0.15) is 4.80 Å². The monoisotopic (exact) mass is 228 g/mol. The zero-order valence-electron chi connectivity index (χ0n) is 9.91. The van der Waals surface area contributed by atoms with E-state index in [1.54, 1.807) is 23.1 Å². The lowest BCUT2D eigenvalue weighted by molar-refractivity contribution is 0.355. The van der Waals surface area contributed by atoms with E-state index in [4.69, 9.17) is 7.85 Å². The molecule has 0 bridgehead atoms. The molecule has 0 spiro atoms. The van der Waals surface area contributed by atoms with Gasteiger partial charge < -0.3 is 4.90 Å². The summed E-state index contributed by atoms with van der Waals surface area (Å²) in [7, 11) is 9.56. The van der Waals surface area contributed by atoms with Crippen LogP contribution in [0.3, 0.4) is 0 Å². The first-order chi connectivity index (χ1) is 8.15. The second-order valence-corrected chi connectivity index (χ2v) is 3.99. The van der Waals surface area contributed by atoms with Gasteiger partial charge in [-0.05, 0) is 25.4 Å². The van der Waals surface area contributed by atoms with Crippen molar-refractivity contribution in [1.82, 2.24) is 30.1 Å². The summed E-state index contributed by atoms with van der Waals surface area (Å²) in [6, 6.07) is 3.55. The standard InChI is InChI=1S/C10H13BN6/c1-16(2)5-6-17-14-10(13-15-17)9-4-3-8(11)7-12-9/h3-4,7H,5-6H2,1-2H3. The third kappa shape index (κ3) is 3.10. The molecule has 2 heterocycles. The van der Waals surface area contributed by atoms with Gasteiger partial charge in [0, 0.05) is 12.7 Å². The number of tetrazole rings is 1. The van der Waals surface area contributed by atoms with Crippen molar-refractivity contribution < 1.29 is 0 Å². The average Bonchev–Trinajstić information content (AvgIpc) is 2.76. The molecular weight excluding hydrogens is 215 g/mol. The number of nitrogens with zero attached hydrogens (tertiary/aromatic N) is 6. The van der Waals surface area contributed by atoms with E-state index in [-0.39, 0.29) is 0 Å². The zero-order valence-corrected chi connectivity index (χ0v) is 9.91. The highest BCUT2D eigenvalue weighted by Crippen LogP contribution is 2.07.